The maximum Gasteiger partial charge on any atom is 0.124 e. The molecule has 0 aromatic heterocycles. The lowest BCUT2D eigenvalue weighted by molar-refractivity contribution is 0.410. The Morgan fingerprint density at radius 3 is 2.75 bits per heavy atom. The number of anilines is 1. The molecule has 12 heavy (non-hydrogen) atoms. The lowest BCUT2D eigenvalue weighted by Gasteiger charge is -2.09. The first-order valence-corrected chi connectivity index (χ1v) is 4.21. The van der Waals surface area contributed by atoms with Crippen molar-refractivity contribution < 1.29 is 4.74 Å². The first kappa shape index (κ1) is 8.91. The molecule has 0 amide bonds. The van der Waals surface area contributed by atoms with Crippen molar-refractivity contribution in [3.8, 4) is 5.75 Å². The second-order valence-corrected chi connectivity index (χ2v) is 2.78. The number of nitrogen functional groups attached to an aromatic ring is 1. The average Bonchev–Trinajstić information content (AvgIpc) is 2.09. The third-order valence-corrected chi connectivity index (χ3v) is 1.89. The van der Waals surface area contributed by atoms with Gasteiger partial charge < -0.3 is 10.5 Å². The molecule has 0 unspecified atom stereocenters. The Labute approximate surface area is 73.3 Å². The lowest BCUT2D eigenvalue weighted by Crippen LogP contribution is -1.97. The Kier molecular flexibility index (Phi) is 2.97. The van der Waals surface area contributed by atoms with Gasteiger partial charge in [0.1, 0.15) is 5.75 Å². The topological polar surface area (TPSA) is 35.2 Å². The van der Waals surface area contributed by atoms with Crippen molar-refractivity contribution in [3.63, 3.8) is 0 Å². The van der Waals surface area contributed by atoms with Crippen LogP contribution >= 0.6 is 0 Å². The molecule has 0 aliphatic carbocycles. The highest BCUT2D eigenvalue weighted by molar-refractivity contribution is 5.54. The molecule has 1 aromatic carbocycles. The lowest BCUT2D eigenvalue weighted by atomic mass is 10.1. The zero-order valence-corrected chi connectivity index (χ0v) is 7.63. The van der Waals surface area contributed by atoms with Gasteiger partial charge in [-0.25, -0.2) is 0 Å². The van der Waals surface area contributed by atoms with Crippen molar-refractivity contribution >= 4 is 5.69 Å². The Morgan fingerprint density at radius 2 is 2.17 bits per heavy atom. The number of benzene rings is 1. The van der Waals surface area contributed by atoms with Crippen LogP contribution in [0.25, 0.3) is 0 Å². The van der Waals surface area contributed by atoms with E-state index in [2.05, 4.69) is 6.92 Å². The van der Waals surface area contributed by atoms with Gasteiger partial charge in [-0.3, -0.25) is 0 Å². The van der Waals surface area contributed by atoms with Gasteiger partial charge in [0.2, 0.25) is 0 Å². The molecule has 1 rings (SSSR count). The first-order valence-electron chi connectivity index (χ1n) is 4.21. The normalized spacial score (nSPS) is 9.83. The zero-order valence-electron chi connectivity index (χ0n) is 7.63. The fourth-order valence-electron chi connectivity index (χ4n) is 1.29. The van der Waals surface area contributed by atoms with Gasteiger partial charge in [-0.1, -0.05) is 19.4 Å². The van der Waals surface area contributed by atoms with E-state index in [0.29, 0.717) is 0 Å². The minimum Gasteiger partial charge on any atom is -0.496 e. The minimum absolute atomic E-state index is 0.830. The van der Waals surface area contributed by atoms with Gasteiger partial charge in [-0.05, 0) is 18.6 Å². The number of ether oxygens (including phenoxy) is 1. The Hall–Kier alpha value is -1.18. The van der Waals surface area contributed by atoms with Crippen LogP contribution in [0.1, 0.15) is 18.9 Å². The van der Waals surface area contributed by atoms with Crippen molar-refractivity contribution in [3.05, 3.63) is 23.8 Å². The van der Waals surface area contributed by atoms with E-state index in [1.165, 1.54) is 0 Å². The maximum atomic E-state index is 5.80. The molecule has 66 valence electrons. The van der Waals surface area contributed by atoms with Crippen LogP contribution in [-0.2, 0) is 6.42 Å². The molecule has 0 bridgehead atoms. The number of hydrogen-bond acceptors (Lipinski definition) is 2. The quantitative estimate of drug-likeness (QED) is 0.697. The molecule has 0 spiro atoms. The van der Waals surface area contributed by atoms with Crippen molar-refractivity contribution in [2.24, 2.45) is 0 Å². The van der Waals surface area contributed by atoms with Gasteiger partial charge >= 0.3 is 0 Å². The van der Waals surface area contributed by atoms with Crippen molar-refractivity contribution in [2.45, 2.75) is 19.8 Å². The van der Waals surface area contributed by atoms with Gasteiger partial charge in [-0.15, -0.1) is 0 Å². The van der Waals surface area contributed by atoms with Gasteiger partial charge in [0.25, 0.3) is 0 Å². The molecule has 0 fully saturated rings. The molecular weight excluding hydrogens is 150 g/mol. The zero-order chi connectivity index (χ0) is 8.97. The minimum atomic E-state index is 0.830. The van der Waals surface area contributed by atoms with Gasteiger partial charge in [0.15, 0.2) is 0 Å². The second-order valence-electron chi connectivity index (χ2n) is 2.78. The van der Waals surface area contributed by atoms with Crippen LogP contribution in [0.4, 0.5) is 5.69 Å². The highest BCUT2D eigenvalue weighted by Crippen LogP contribution is 2.25. The predicted molar refractivity (Wildman–Crippen MR) is 51.4 cm³/mol. The third-order valence-electron chi connectivity index (χ3n) is 1.89. The van der Waals surface area contributed by atoms with E-state index >= 15 is 0 Å². The summed E-state index contributed by atoms with van der Waals surface area (Å²) in [7, 11) is 1.67. The van der Waals surface area contributed by atoms with Crippen molar-refractivity contribution in [1.82, 2.24) is 0 Å². The van der Waals surface area contributed by atoms with E-state index in [1.54, 1.807) is 7.11 Å². The first-order chi connectivity index (χ1) is 5.79. The number of nitrogens with two attached hydrogens (primary N) is 1. The average molecular weight is 165 g/mol. The van der Waals surface area contributed by atoms with E-state index in [-0.39, 0.29) is 0 Å². The van der Waals surface area contributed by atoms with Crippen LogP contribution < -0.4 is 10.5 Å². The summed E-state index contributed by atoms with van der Waals surface area (Å²) >= 11 is 0. The Morgan fingerprint density at radius 1 is 1.42 bits per heavy atom. The molecule has 2 heteroatoms. The summed E-state index contributed by atoms with van der Waals surface area (Å²) < 4.78 is 5.20. The van der Waals surface area contributed by atoms with Crippen LogP contribution in [0.15, 0.2) is 18.2 Å². The van der Waals surface area contributed by atoms with Gasteiger partial charge in [0.05, 0.1) is 7.11 Å². The van der Waals surface area contributed by atoms with Crippen LogP contribution in [0.3, 0.4) is 0 Å². The van der Waals surface area contributed by atoms with Crippen LogP contribution in [0, 0.1) is 0 Å². The van der Waals surface area contributed by atoms with E-state index in [0.717, 1.165) is 29.8 Å². The summed E-state index contributed by atoms with van der Waals surface area (Å²) in [4.78, 5) is 0. The monoisotopic (exact) mass is 165 g/mol. The van der Waals surface area contributed by atoms with Gasteiger partial charge in [-0.2, -0.15) is 0 Å². The number of rotatable bonds is 3. The summed E-state index contributed by atoms with van der Waals surface area (Å²) in [5.74, 6) is 0.900. The Bertz CT molecular complexity index is 258. The molecule has 0 atom stereocenters. The maximum absolute atomic E-state index is 5.80. The molecule has 1 aromatic rings. The second kappa shape index (κ2) is 4.00. The fourth-order valence-corrected chi connectivity index (χ4v) is 1.29. The summed E-state index contributed by atoms with van der Waals surface area (Å²) in [6, 6.07) is 5.77. The molecule has 0 aliphatic rings. The van der Waals surface area contributed by atoms with Crippen LogP contribution in [0.5, 0.6) is 5.75 Å². The predicted octanol–water partition coefficient (Wildman–Crippen LogP) is 2.23. The van der Waals surface area contributed by atoms with Crippen LogP contribution in [-0.4, -0.2) is 7.11 Å². The largest absolute Gasteiger partial charge is 0.496 e. The molecule has 0 saturated carbocycles. The summed E-state index contributed by atoms with van der Waals surface area (Å²) in [5, 5.41) is 0. The summed E-state index contributed by atoms with van der Waals surface area (Å²) in [6.45, 7) is 2.13. The molecule has 2 N–H and O–H groups in total. The summed E-state index contributed by atoms with van der Waals surface area (Å²) in [5.41, 5.74) is 7.76. The molecule has 0 heterocycles. The van der Waals surface area contributed by atoms with Crippen molar-refractivity contribution in [1.29, 1.82) is 0 Å². The van der Waals surface area contributed by atoms with E-state index < -0.39 is 0 Å². The summed E-state index contributed by atoms with van der Waals surface area (Å²) in [6.07, 6.45) is 2.07. The molecular formula is C10H15NO. The highest BCUT2D eigenvalue weighted by Gasteiger charge is 2.04. The van der Waals surface area contributed by atoms with Crippen molar-refractivity contribution in [2.75, 3.05) is 12.8 Å². The molecule has 2 nitrogen and oxygen atoms in total. The van der Waals surface area contributed by atoms with Gasteiger partial charge in [0, 0.05) is 11.3 Å². The Balaban J connectivity index is 3.02. The standard InChI is InChI=1S/C10H15NO/c1-3-5-8-9(11)6-4-7-10(8)12-2/h4,6-7H,3,5,11H2,1-2H3. The van der Waals surface area contributed by atoms with E-state index in [9.17, 15) is 0 Å². The van der Waals surface area contributed by atoms with E-state index in [1.807, 2.05) is 18.2 Å². The number of methoxy groups -OCH3 is 1. The molecule has 0 saturated heterocycles. The highest BCUT2D eigenvalue weighted by atomic mass is 16.5. The third kappa shape index (κ3) is 1.70. The van der Waals surface area contributed by atoms with E-state index in [4.69, 9.17) is 10.5 Å². The smallest absolute Gasteiger partial charge is 0.124 e. The SMILES string of the molecule is CCCc1c(N)cccc1OC. The van der Waals surface area contributed by atoms with Crippen LogP contribution in [0.2, 0.25) is 0 Å². The molecule has 0 aliphatic heterocycles. The number of hydrogen-bond donors (Lipinski definition) is 1. The fraction of sp³-hybridized carbons (Fsp3) is 0.400. The molecule has 0 radical (unpaired) electrons.